The fraction of sp³-hybridized carbons (Fsp3) is 0.684. The molecule has 0 atom stereocenters. The van der Waals surface area contributed by atoms with Gasteiger partial charge in [0, 0.05) is 38.9 Å². The Labute approximate surface area is 145 Å². The van der Waals surface area contributed by atoms with Gasteiger partial charge in [-0.15, -0.1) is 0 Å². The standard InChI is InChI=1S/C19H30N4O/c1-16-8-12-23(13-9-16)19(24)21-15-17-6-7-18(20-14-17)22-10-4-2-3-5-11-22/h6-7,14,16H,2-5,8-13,15H2,1H3,(H,21,24). The van der Waals surface area contributed by atoms with Gasteiger partial charge in [-0.05, 0) is 43.2 Å². The van der Waals surface area contributed by atoms with E-state index < -0.39 is 0 Å². The van der Waals surface area contributed by atoms with Crippen LogP contribution in [0.25, 0.3) is 0 Å². The maximum absolute atomic E-state index is 12.2. The third-order valence-corrected chi connectivity index (χ3v) is 5.25. The highest BCUT2D eigenvalue weighted by Crippen LogP contribution is 2.18. The lowest BCUT2D eigenvalue weighted by molar-refractivity contribution is 0.173. The van der Waals surface area contributed by atoms with E-state index in [1.165, 1.54) is 25.7 Å². The molecule has 0 aromatic carbocycles. The summed E-state index contributed by atoms with van der Waals surface area (Å²) in [5.74, 6) is 1.81. The molecule has 24 heavy (non-hydrogen) atoms. The maximum Gasteiger partial charge on any atom is 0.317 e. The first kappa shape index (κ1) is 17.1. The van der Waals surface area contributed by atoms with Gasteiger partial charge in [-0.1, -0.05) is 25.8 Å². The Morgan fingerprint density at radius 3 is 2.46 bits per heavy atom. The van der Waals surface area contributed by atoms with Crippen LogP contribution in [0.4, 0.5) is 10.6 Å². The van der Waals surface area contributed by atoms with Gasteiger partial charge < -0.3 is 15.1 Å². The van der Waals surface area contributed by atoms with Crippen LogP contribution in [0.2, 0.25) is 0 Å². The van der Waals surface area contributed by atoms with Gasteiger partial charge in [-0.3, -0.25) is 0 Å². The van der Waals surface area contributed by atoms with E-state index in [0.717, 1.165) is 56.3 Å². The molecule has 3 rings (SSSR count). The van der Waals surface area contributed by atoms with Gasteiger partial charge in [0.1, 0.15) is 5.82 Å². The average molecular weight is 330 g/mol. The number of nitrogens with zero attached hydrogens (tertiary/aromatic N) is 3. The van der Waals surface area contributed by atoms with E-state index in [1.54, 1.807) is 0 Å². The molecule has 2 amide bonds. The molecule has 0 saturated carbocycles. The van der Waals surface area contributed by atoms with Crippen molar-refractivity contribution in [3.8, 4) is 0 Å². The van der Waals surface area contributed by atoms with Crippen molar-refractivity contribution in [1.82, 2.24) is 15.2 Å². The third-order valence-electron chi connectivity index (χ3n) is 5.25. The second-order valence-electron chi connectivity index (χ2n) is 7.25. The monoisotopic (exact) mass is 330 g/mol. The van der Waals surface area contributed by atoms with Crippen molar-refractivity contribution in [2.24, 2.45) is 5.92 Å². The number of likely N-dealkylation sites (tertiary alicyclic amines) is 1. The second-order valence-corrected chi connectivity index (χ2v) is 7.25. The minimum atomic E-state index is 0.0542. The fourth-order valence-corrected chi connectivity index (χ4v) is 3.51. The van der Waals surface area contributed by atoms with Crippen LogP contribution in [-0.4, -0.2) is 42.1 Å². The number of anilines is 1. The average Bonchev–Trinajstić information content (AvgIpc) is 2.90. The third kappa shape index (κ3) is 4.62. The maximum atomic E-state index is 12.2. The fourth-order valence-electron chi connectivity index (χ4n) is 3.51. The molecule has 5 nitrogen and oxygen atoms in total. The molecule has 132 valence electrons. The molecule has 0 bridgehead atoms. The van der Waals surface area contributed by atoms with E-state index >= 15 is 0 Å². The van der Waals surface area contributed by atoms with Crippen LogP contribution >= 0.6 is 0 Å². The minimum Gasteiger partial charge on any atom is -0.357 e. The zero-order chi connectivity index (χ0) is 16.8. The predicted molar refractivity (Wildman–Crippen MR) is 97.1 cm³/mol. The lowest BCUT2D eigenvalue weighted by Crippen LogP contribution is -2.43. The second kappa shape index (κ2) is 8.36. The van der Waals surface area contributed by atoms with Crippen molar-refractivity contribution in [3.05, 3.63) is 23.9 Å². The van der Waals surface area contributed by atoms with E-state index in [0.29, 0.717) is 6.54 Å². The van der Waals surface area contributed by atoms with Gasteiger partial charge in [-0.25, -0.2) is 9.78 Å². The van der Waals surface area contributed by atoms with Gasteiger partial charge in [0.2, 0.25) is 0 Å². The number of carbonyl (C=O) groups is 1. The summed E-state index contributed by atoms with van der Waals surface area (Å²) >= 11 is 0. The summed E-state index contributed by atoms with van der Waals surface area (Å²) in [7, 11) is 0. The minimum absolute atomic E-state index is 0.0542. The molecule has 2 aliphatic rings. The van der Waals surface area contributed by atoms with E-state index in [1.807, 2.05) is 11.1 Å². The number of carbonyl (C=O) groups excluding carboxylic acids is 1. The molecule has 2 saturated heterocycles. The Kier molecular flexibility index (Phi) is 5.94. The summed E-state index contributed by atoms with van der Waals surface area (Å²) < 4.78 is 0. The Balaban J connectivity index is 1.48. The Morgan fingerprint density at radius 2 is 1.83 bits per heavy atom. The first-order chi connectivity index (χ1) is 11.7. The number of amides is 2. The number of nitrogens with one attached hydrogen (secondary N) is 1. The van der Waals surface area contributed by atoms with Crippen LogP contribution in [-0.2, 0) is 6.54 Å². The van der Waals surface area contributed by atoms with Crippen LogP contribution in [0.15, 0.2) is 18.3 Å². The molecular weight excluding hydrogens is 300 g/mol. The Bertz CT molecular complexity index is 515. The molecular formula is C19H30N4O. The number of pyridine rings is 1. The van der Waals surface area contributed by atoms with E-state index in [9.17, 15) is 4.79 Å². The smallest absolute Gasteiger partial charge is 0.317 e. The van der Waals surface area contributed by atoms with Gasteiger partial charge in [0.05, 0.1) is 0 Å². The van der Waals surface area contributed by atoms with Crippen molar-refractivity contribution in [1.29, 1.82) is 0 Å². The molecule has 1 aromatic heterocycles. The van der Waals surface area contributed by atoms with Crippen molar-refractivity contribution < 1.29 is 4.79 Å². The van der Waals surface area contributed by atoms with Gasteiger partial charge in [-0.2, -0.15) is 0 Å². The summed E-state index contributed by atoms with van der Waals surface area (Å²) in [5.41, 5.74) is 1.06. The normalized spacial score (nSPS) is 19.9. The number of hydrogen-bond donors (Lipinski definition) is 1. The Morgan fingerprint density at radius 1 is 1.12 bits per heavy atom. The van der Waals surface area contributed by atoms with Gasteiger partial charge >= 0.3 is 6.03 Å². The highest BCUT2D eigenvalue weighted by Gasteiger charge is 2.19. The lowest BCUT2D eigenvalue weighted by Gasteiger charge is -2.30. The summed E-state index contributed by atoms with van der Waals surface area (Å²) in [5, 5.41) is 3.03. The zero-order valence-electron chi connectivity index (χ0n) is 14.8. The molecule has 0 radical (unpaired) electrons. The van der Waals surface area contributed by atoms with Gasteiger partial charge in [0.15, 0.2) is 0 Å². The largest absolute Gasteiger partial charge is 0.357 e. The predicted octanol–water partition coefficient (Wildman–Crippen LogP) is 3.40. The van der Waals surface area contributed by atoms with Crippen molar-refractivity contribution in [3.63, 3.8) is 0 Å². The summed E-state index contributed by atoms with van der Waals surface area (Å²) in [6.45, 7) is 6.77. The van der Waals surface area contributed by atoms with Crippen molar-refractivity contribution >= 4 is 11.8 Å². The molecule has 2 fully saturated rings. The number of urea groups is 1. The number of piperidine rings is 1. The highest BCUT2D eigenvalue weighted by atomic mass is 16.2. The Hall–Kier alpha value is -1.78. The van der Waals surface area contributed by atoms with Crippen LogP contribution in [0.5, 0.6) is 0 Å². The van der Waals surface area contributed by atoms with Crippen LogP contribution in [0.3, 0.4) is 0 Å². The molecule has 5 heteroatoms. The summed E-state index contributed by atoms with van der Waals surface area (Å²) in [6.07, 6.45) is 9.30. The SMILES string of the molecule is CC1CCN(C(=O)NCc2ccc(N3CCCCCC3)nc2)CC1. The van der Waals surface area contributed by atoms with E-state index in [2.05, 4.69) is 34.3 Å². The molecule has 1 aromatic rings. The quantitative estimate of drug-likeness (QED) is 0.924. The number of hydrogen-bond acceptors (Lipinski definition) is 3. The van der Waals surface area contributed by atoms with E-state index in [-0.39, 0.29) is 6.03 Å². The highest BCUT2D eigenvalue weighted by molar-refractivity contribution is 5.74. The molecule has 0 aliphatic carbocycles. The van der Waals surface area contributed by atoms with Crippen molar-refractivity contribution in [2.45, 2.75) is 52.0 Å². The molecule has 3 heterocycles. The summed E-state index contributed by atoms with van der Waals surface area (Å²) in [4.78, 5) is 21.1. The zero-order valence-corrected chi connectivity index (χ0v) is 14.8. The van der Waals surface area contributed by atoms with E-state index in [4.69, 9.17) is 0 Å². The summed E-state index contributed by atoms with van der Waals surface area (Å²) in [6, 6.07) is 4.24. The topological polar surface area (TPSA) is 48.5 Å². The first-order valence-electron chi connectivity index (χ1n) is 9.45. The molecule has 2 aliphatic heterocycles. The molecule has 0 unspecified atom stereocenters. The first-order valence-corrected chi connectivity index (χ1v) is 9.45. The number of rotatable bonds is 3. The van der Waals surface area contributed by atoms with Crippen LogP contribution in [0.1, 0.15) is 51.0 Å². The van der Waals surface area contributed by atoms with Crippen molar-refractivity contribution in [2.75, 3.05) is 31.1 Å². The molecule has 1 N–H and O–H groups in total. The van der Waals surface area contributed by atoms with Gasteiger partial charge in [0.25, 0.3) is 0 Å². The number of aromatic nitrogens is 1. The van der Waals surface area contributed by atoms with Crippen LogP contribution < -0.4 is 10.2 Å². The lowest BCUT2D eigenvalue weighted by atomic mass is 10.00. The molecule has 0 spiro atoms. The van der Waals surface area contributed by atoms with Crippen LogP contribution in [0, 0.1) is 5.92 Å².